The molecular formula is C43H41F2N2P2+. The lowest BCUT2D eigenvalue weighted by molar-refractivity contribution is 0.628. The lowest BCUT2D eigenvalue weighted by atomic mass is 10.1. The van der Waals surface area contributed by atoms with Crippen LogP contribution in [0, 0.1) is 39.3 Å². The molecule has 0 radical (unpaired) electrons. The fraction of sp³-hybridized carbons (Fsp3) is 0.163. The Balaban J connectivity index is 1.67. The van der Waals surface area contributed by atoms with Crippen molar-refractivity contribution in [3.63, 3.8) is 0 Å². The summed E-state index contributed by atoms with van der Waals surface area (Å²) in [5.74, 6) is -0.482. The van der Waals surface area contributed by atoms with Crippen LogP contribution in [0.2, 0.25) is 0 Å². The summed E-state index contributed by atoms with van der Waals surface area (Å²) in [4.78, 5) is 4.71. The molecule has 0 bridgehead atoms. The van der Waals surface area contributed by atoms with Gasteiger partial charge in [-0.05, 0) is 136 Å². The van der Waals surface area contributed by atoms with Crippen LogP contribution >= 0.6 is 15.2 Å². The Morgan fingerprint density at radius 1 is 0.469 bits per heavy atom. The van der Waals surface area contributed by atoms with Crippen molar-refractivity contribution in [2.45, 2.75) is 27.7 Å². The second kappa shape index (κ2) is 12.8. The maximum Gasteiger partial charge on any atom is 0.128 e. The molecule has 49 heavy (non-hydrogen) atoms. The van der Waals surface area contributed by atoms with Gasteiger partial charge in [0.1, 0.15) is 34.8 Å². The lowest BCUT2D eigenvalue weighted by Gasteiger charge is -2.36. The van der Waals surface area contributed by atoms with Gasteiger partial charge in [0, 0.05) is 36.1 Å². The van der Waals surface area contributed by atoms with Crippen molar-refractivity contribution < 1.29 is 8.78 Å². The Labute approximate surface area is 291 Å². The molecule has 2 unspecified atom stereocenters. The Morgan fingerprint density at radius 3 is 1.65 bits per heavy atom. The molecule has 6 aromatic carbocycles. The zero-order valence-electron chi connectivity index (χ0n) is 29.1. The van der Waals surface area contributed by atoms with Crippen LogP contribution in [0.1, 0.15) is 22.3 Å². The molecule has 1 aliphatic heterocycles. The van der Waals surface area contributed by atoms with Crippen molar-refractivity contribution in [2.75, 3.05) is 30.6 Å². The molecular weight excluding hydrogens is 644 g/mol. The Morgan fingerprint density at radius 2 is 0.980 bits per heavy atom. The summed E-state index contributed by atoms with van der Waals surface area (Å²) in [6, 6.07) is 41.3. The summed E-state index contributed by atoms with van der Waals surface area (Å²) in [7, 11) is 0.811. The minimum Gasteiger partial charge on any atom is -0.341 e. The van der Waals surface area contributed by atoms with Crippen molar-refractivity contribution in [1.29, 1.82) is 0 Å². The van der Waals surface area contributed by atoms with E-state index in [9.17, 15) is 8.78 Å². The highest BCUT2D eigenvalue weighted by molar-refractivity contribution is 7.95. The Bertz CT molecular complexity index is 2200. The SMILES string of the molecule is Cc1ccc2c(c1)N(C)c1cc(C)ccc1[P+](C)(c1ccc(F)cc1)c1cc(C)ccc1N(C)c1ccc(C)cc1P2c1ccc(F)cc1. The third kappa shape index (κ3) is 5.86. The van der Waals surface area contributed by atoms with E-state index in [2.05, 4.69) is 131 Å². The zero-order chi connectivity index (χ0) is 34.6. The number of anilines is 4. The number of hydrogen-bond donors (Lipinski definition) is 0. The minimum absolute atomic E-state index is 0.240. The van der Waals surface area contributed by atoms with Gasteiger partial charge < -0.3 is 9.80 Å². The quantitative estimate of drug-likeness (QED) is 0.168. The number of hydrogen-bond acceptors (Lipinski definition) is 2. The molecule has 0 N–H and O–H groups in total. The van der Waals surface area contributed by atoms with Crippen LogP contribution in [0.4, 0.5) is 31.5 Å². The smallest absolute Gasteiger partial charge is 0.128 e. The first-order chi connectivity index (χ1) is 23.4. The molecule has 6 aromatic rings. The first kappa shape index (κ1) is 33.2. The van der Waals surface area contributed by atoms with Crippen LogP contribution in [0.3, 0.4) is 0 Å². The lowest BCUT2D eigenvalue weighted by Crippen LogP contribution is -2.38. The number of benzene rings is 6. The van der Waals surface area contributed by atoms with E-state index in [4.69, 9.17) is 0 Å². The van der Waals surface area contributed by atoms with Gasteiger partial charge in [0.2, 0.25) is 0 Å². The average molecular weight is 686 g/mol. The standard InChI is InChI=1S/C43H41F2N2P2/c1-28-10-22-40-38(24-28)47(6)39-25-29(2)11-23-42(39)49(7,35-18-14-33(45)15-19-35)43-27-31(4)9-21-37(43)46(5)36-20-8-30(3)26-41(36)48(40)34-16-12-32(44)13-17-34/h8-27H,1-7H3/q+1. The van der Waals surface area contributed by atoms with Crippen LogP contribution in [0.5, 0.6) is 0 Å². The van der Waals surface area contributed by atoms with Gasteiger partial charge in [0.05, 0.1) is 18.0 Å². The van der Waals surface area contributed by atoms with Gasteiger partial charge in [-0.25, -0.2) is 8.78 Å². The first-order valence-corrected chi connectivity index (χ1v) is 20.1. The number of nitrogens with zero attached hydrogens (tertiary/aromatic N) is 2. The predicted octanol–water partition coefficient (Wildman–Crippen LogP) is 8.73. The molecule has 1 heterocycles. The molecule has 7 rings (SSSR count). The van der Waals surface area contributed by atoms with Crippen LogP contribution in [0.15, 0.2) is 121 Å². The summed E-state index contributed by atoms with van der Waals surface area (Å²) in [6.45, 7) is 11.0. The highest BCUT2D eigenvalue weighted by Crippen LogP contribution is 2.57. The van der Waals surface area contributed by atoms with Crippen molar-refractivity contribution >= 4 is 69.8 Å². The Hall–Kier alpha value is -4.36. The summed E-state index contributed by atoms with van der Waals surface area (Å²) < 4.78 is 29.0. The number of aryl methyl sites for hydroxylation is 4. The van der Waals surface area contributed by atoms with Gasteiger partial charge in [0.15, 0.2) is 0 Å². The monoisotopic (exact) mass is 685 g/mol. The summed E-state index contributed by atoms with van der Waals surface area (Å²) in [6.07, 6.45) is 0. The second-order valence-electron chi connectivity index (χ2n) is 13.4. The van der Waals surface area contributed by atoms with E-state index in [1.165, 1.54) is 43.5 Å². The molecule has 0 aromatic heterocycles. The number of fused-ring (bicyclic) bond motifs is 4. The maximum absolute atomic E-state index is 14.6. The van der Waals surface area contributed by atoms with Gasteiger partial charge in [-0.1, -0.05) is 48.0 Å². The topological polar surface area (TPSA) is 6.48 Å². The van der Waals surface area contributed by atoms with Crippen LogP contribution in [-0.2, 0) is 0 Å². The second-order valence-corrected chi connectivity index (χ2v) is 19.0. The summed E-state index contributed by atoms with van der Waals surface area (Å²) in [5, 5.41) is 7.09. The first-order valence-electron chi connectivity index (χ1n) is 16.6. The van der Waals surface area contributed by atoms with E-state index in [0.29, 0.717) is 0 Å². The van der Waals surface area contributed by atoms with E-state index in [0.717, 1.165) is 33.4 Å². The molecule has 246 valence electrons. The normalized spacial score (nSPS) is 17.3. The third-order valence-electron chi connectivity index (χ3n) is 9.84. The molecule has 0 amide bonds. The van der Waals surface area contributed by atoms with Gasteiger partial charge in [0.25, 0.3) is 0 Å². The highest BCUT2D eigenvalue weighted by atomic mass is 31.2. The van der Waals surface area contributed by atoms with E-state index in [1.807, 2.05) is 24.3 Å². The molecule has 0 aliphatic carbocycles. The molecule has 0 saturated heterocycles. The van der Waals surface area contributed by atoms with Crippen molar-refractivity contribution in [3.05, 3.63) is 155 Å². The molecule has 1 aliphatic rings. The zero-order valence-corrected chi connectivity index (χ0v) is 30.9. The van der Waals surface area contributed by atoms with Crippen LogP contribution < -0.4 is 41.6 Å². The molecule has 2 nitrogen and oxygen atoms in total. The fourth-order valence-corrected chi connectivity index (χ4v) is 13.6. The van der Waals surface area contributed by atoms with E-state index < -0.39 is 15.2 Å². The van der Waals surface area contributed by atoms with Crippen molar-refractivity contribution in [3.8, 4) is 0 Å². The van der Waals surface area contributed by atoms with Gasteiger partial charge in [-0.2, -0.15) is 0 Å². The van der Waals surface area contributed by atoms with Crippen LogP contribution in [0.25, 0.3) is 0 Å². The molecule has 6 heteroatoms. The van der Waals surface area contributed by atoms with Crippen molar-refractivity contribution in [2.24, 2.45) is 0 Å². The highest BCUT2D eigenvalue weighted by Gasteiger charge is 2.46. The van der Waals surface area contributed by atoms with Gasteiger partial charge >= 0.3 is 0 Å². The Kier molecular flexibility index (Phi) is 8.68. The van der Waals surface area contributed by atoms with Crippen LogP contribution in [-0.4, -0.2) is 20.8 Å². The predicted molar refractivity (Wildman–Crippen MR) is 211 cm³/mol. The largest absolute Gasteiger partial charge is 0.341 e. The number of rotatable bonds is 2. The minimum atomic E-state index is -2.40. The molecule has 0 spiro atoms. The molecule has 2 atom stereocenters. The van der Waals surface area contributed by atoms with Gasteiger partial charge in [-0.3, -0.25) is 0 Å². The van der Waals surface area contributed by atoms with Gasteiger partial charge in [-0.15, -0.1) is 0 Å². The van der Waals surface area contributed by atoms with E-state index in [-0.39, 0.29) is 11.6 Å². The number of halogens is 2. The summed E-state index contributed by atoms with van der Waals surface area (Å²) >= 11 is 0. The fourth-order valence-electron chi connectivity index (χ4n) is 7.15. The average Bonchev–Trinajstić information content (AvgIpc) is 3.09. The summed E-state index contributed by atoms with van der Waals surface area (Å²) in [5.41, 5.74) is 9.15. The molecule has 0 fully saturated rings. The third-order valence-corrected chi connectivity index (χ3v) is 16.4. The molecule has 0 saturated carbocycles. The van der Waals surface area contributed by atoms with Crippen molar-refractivity contribution in [1.82, 2.24) is 0 Å². The van der Waals surface area contributed by atoms with E-state index in [1.54, 1.807) is 24.3 Å². The van der Waals surface area contributed by atoms with E-state index >= 15 is 0 Å². The maximum atomic E-state index is 14.6.